The molecule has 1 heterocycles. The Morgan fingerprint density at radius 2 is 1.89 bits per heavy atom. The Morgan fingerprint density at radius 3 is 2.46 bits per heavy atom. The number of nitrogens with zero attached hydrogens (tertiary/aromatic N) is 1. The van der Waals surface area contributed by atoms with E-state index in [0.29, 0.717) is 11.4 Å². The van der Waals surface area contributed by atoms with Gasteiger partial charge in [0.2, 0.25) is 0 Å². The lowest BCUT2D eigenvalue weighted by Crippen LogP contribution is -2.24. The summed E-state index contributed by atoms with van der Waals surface area (Å²) in [6, 6.07) is 11.7. The summed E-state index contributed by atoms with van der Waals surface area (Å²) in [5.74, 6) is -1.60. The van der Waals surface area contributed by atoms with Gasteiger partial charge in [-0.1, -0.05) is 42.8 Å². The SMILES string of the molecule is CCc1ccc(/C=C2\C(=O)N(c3ccc(F)c(Cl)c3)C(C)=C2C(=O)OC)cc1. The summed E-state index contributed by atoms with van der Waals surface area (Å²) in [4.78, 5) is 26.9. The summed E-state index contributed by atoms with van der Waals surface area (Å²) >= 11 is 5.87. The Labute approximate surface area is 167 Å². The van der Waals surface area contributed by atoms with Crippen LogP contribution in [0.25, 0.3) is 6.08 Å². The number of anilines is 1. The molecule has 0 spiro atoms. The molecule has 0 aromatic heterocycles. The number of aryl methyl sites for hydroxylation is 1. The number of methoxy groups -OCH3 is 1. The smallest absolute Gasteiger partial charge is 0.340 e. The third-order valence-electron chi connectivity index (χ3n) is 4.65. The highest BCUT2D eigenvalue weighted by Crippen LogP contribution is 2.36. The highest BCUT2D eigenvalue weighted by molar-refractivity contribution is 6.31. The van der Waals surface area contributed by atoms with E-state index in [0.717, 1.165) is 12.0 Å². The number of ether oxygens (including phenoxy) is 1. The van der Waals surface area contributed by atoms with Gasteiger partial charge in [0.15, 0.2) is 0 Å². The Hall–Kier alpha value is -2.92. The molecule has 4 nitrogen and oxygen atoms in total. The monoisotopic (exact) mass is 399 g/mol. The lowest BCUT2D eigenvalue weighted by atomic mass is 10.0. The molecule has 0 atom stereocenters. The van der Waals surface area contributed by atoms with E-state index < -0.39 is 17.7 Å². The van der Waals surface area contributed by atoms with Crippen LogP contribution in [0, 0.1) is 5.82 Å². The molecule has 0 saturated heterocycles. The summed E-state index contributed by atoms with van der Waals surface area (Å²) in [6.45, 7) is 3.70. The molecule has 0 unspecified atom stereocenters. The Morgan fingerprint density at radius 1 is 1.21 bits per heavy atom. The molecule has 28 heavy (non-hydrogen) atoms. The molecule has 144 valence electrons. The normalized spacial score (nSPS) is 15.5. The largest absolute Gasteiger partial charge is 0.465 e. The average molecular weight is 400 g/mol. The van der Waals surface area contributed by atoms with Crippen molar-refractivity contribution in [2.24, 2.45) is 0 Å². The van der Waals surface area contributed by atoms with Crippen LogP contribution in [0.1, 0.15) is 25.0 Å². The number of rotatable bonds is 4. The minimum Gasteiger partial charge on any atom is -0.465 e. The molecule has 3 rings (SSSR count). The Balaban J connectivity index is 2.11. The number of halogens is 2. The molecule has 2 aromatic carbocycles. The van der Waals surface area contributed by atoms with Gasteiger partial charge < -0.3 is 4.74 Å². The van der Waals surface area contributed by atoms with Gasteiger partial charge in [-0.15, -0.1) is 0 Å². The predicted molar refractivity (Wildman–Crippen MR) is 107 cm³/mol. The maximum absolute atomic E-state index is 13.5. The fraction of sp³-hybridized carbons (Fsp3) is 0.182. The second-order valence-corrected chi connectivity index (χ2v) is 6.75. The van der Waals surface area contributed by atoms with Crippen LogP contribution in [0.15, 0.2) is 59.3 Å². The lowest BCUT2D eigenvalue weighted by molar-refractivity contribution is -0.136. The van der Waals surface area contributed by atoms with Crippen LogP contribution in [-0.4, -0.2) is 19.0 Å². The quantitative estimate of drug-likeness (QED) is 0.541. The van der Waals surface area contributed by atoms with Gasteiger partial charge in [0.25, 0.3) is 5.91 Å². The summed E-state index contributed by atoms with van der Waals surface area (Å²) in [7, 11) is 1.26. The zero-order valence-electron chi connectivity index (χ0n) is 15.8. The minimum absolute atomic E-state index is 0.106. The topological polar surface area (TPSA) is 46.6 Å². The van der Waals surface area contributed by atoms with Crippen LogP contribution in [0.5, 0.6) is 0 Å². The maximum Gasteiger partial charge on any atom is 0.340 e. The second-order valence-electron chi connectivity index (χ2n) is 6.34. The van der Waals surface area contributed by atoms with Crippen molar-refractivity contribution in [3.63, 3.8) is 0 Å². The number of amides is 1. The first-order valence-corrected chi connectivity index (χ1v) is 9.14. The van der Waals surface area contributed by atoms with Crippen LogP contribution < -0.4 is 4.90 Å². The van der Waals surface area contributed by atoms with E-state index in [1.807, 2.05) is 24.3 Å². The molecule has 1 aliphatic rings. The molecule has 0 aliphatic carbocycles. The molecule has 0 radical (unpaired) electrons. The molecule has 0 saturated carbocycles. The van der Waals surface area contributed by atoms with Gasteiger partial charge in [-0.2, -0.15) is 0 Å². The van der Waals surface area contributed by atoms with Crippen LogP contribution in [0.3, 0.4) is 0 Å². The first-order valence-electron chi connectivity index (χ1n) is 8.77. The van der Waals surface area contributed by atoms with Gasteiger partial charge >= 0.3 is 5.97 Å². The van der Waals surface area contributed by atoms with Crippen molar-refractivity contribution in [2.75, 3.05) is 12.0 Å². The number of carbonyl (C=O) groups excluding carboxylic acids is 2. The van der Waals surface area contributed by atoms with E-state index in [2.05, 4.69) is 6.92 Å². The van der Waals surface area contributed by atoms with E-state index in [1.165, 1.54) is 35.8 Å². The van der Waals surface area contributed by atoms with Crippen molar-refractivity contribution in [3.05, 3.63) is 81.3 Å². The maximum atomic E-state index is 13.5. The first kappa shape index (κ1) is 19.8. The number of benzene rings is 2. The zero-order valence-corrected chi connectivity index (χ0v) is 16.5. The van der Waals surface area contributed by atoms with E-state index in [9.17, 15) is 14.0 Å². The standard InChI is InChI=1S/C22H19ClFNO3/c1-4-14-5-7-15(8-6-14)11-17-20(22(27)28-3)13(2)25(21(17)26)16-9-10-19(24)18(23)12-16/h5-12H,4H2,1-3H3/b17-11-. The molecule has 6 heteroatoms. The highest BCUT2D eigenvalue weighted by atomic mass is 35.5. The third-order valence-corrected chi connectivity index (χ3v) is 4.94. The average Bonchev–Trinajstić information content (AvgIpc) is 2.94. The van der Waals surface area contributed by atoms with E-state index in [-0.39, 0.29) is 16.2 Å². The first-order chi connectivity index (χ1) is 13.4. The van der Waals surface area contributed by atoms with Gasteiger partial charge in [-0.05, 0) is 48.7 Å². The fourth-order valence-corrected chi connectivity index (χ4v) is 3.31. The van der Waals surface area contributed by atoms with Crippen molar-refractivity contribution in [2.45, 2.75) is 20.3 Å². The van der Waals surface area contributed by atoms with Gasteiger partial charge in [-0.3, -0.25) is 9.69 Å². The summed E-state index contributed by atoms with van der Waals surface area (Å²) < 4.78 is 18.4. The Bertz CT molecular complexity index is 1010. The van der Waals surface area contributed by atoms with E-state index >= 15 is 0 Å². The lowest BCUT2D eigenvalue weighted by Gasteiger charge is -2.18. The molecule has 1 amide bonds. The molecule has 0 bridgehead atoms. The minimum atomic E-state index is -0.613. The molecule has 0 N–H and O–H groups in total. The molecular weight excluding hydrogens is 381 g/mol. The predicted octanol–water partition coefficient (Wildman–Crippen LogP) is 4.92. The Kier molecular flexibility index (Phi) is 5.66. The van der Waals surface area contributed by atoms with E-state index in [4.69, 9.17) is 16.3 Å². The highest BCUT2D eigenvalue weighted by Gasteiger charge is 2.38. The van der Waals surface area contributed by atoms with Crippen molar-refractivity contribution in [1.29, 1.82) is 0 Å². The van der Waals surface area contributed by atoms with Crippen molar-refractivity contribution in [1.82, 2.24) is 0 Å². The van der Waals surface area contributed by atoms with Crippen LogP contribution >= 0.6 is 11.6 Å². The second kappa shape index (κ2) is 7.98. The summed E-state index contributed by atoms with van der Waals surface area (Å²) in [5.41, 5.74) is 3.12. The molecular formula is C22H19ClFNO3. The van der Waals surface area contributed by atoms with Gasteiger partial charge in [0.1, 0.15) is 5.82 Å². The number of carbonyl (C=O) groups is 2. The third kappa shape index (κ3) is 3.58. The summed E-state index contributed by atoms with van der Waals surface area (Å²) in [5, 5.41) is -0.106. The molecule has 0 fully saturated rings. The number of esters is 1. The van der Waals surface area contributed by atoms with Gasteiger partial charge in [0.05, 0.1) is 29.0 Å². The molecule has 1 aliphatic heterocycles. The molecule has 2 aromatic rings. The number of allylic oxidation sites excluding steroid dienone is 1. The number of hydrogen-bond acceptors (Lipinski definition) is 3. The van der Waals surface area contributed by atoms with E-state index in [1.54, 1.807) is 13.0 Å². The van der Waals surface area contributed by atoms with Crippen molar-refractivity contribution < 1.29 is 18.7 Å². The van der Waals surface area contributed by atoms with Crippen LogP contribution in [0.2, 0.25) is 5.02 Å². The van der Waals surface area contributed by atoms with Gasteiger partial charge in [-0.25, -0.2) is 9.18 Å². The summed E-state index contributed by atoms with van der Waals surface area (Å²) in [6.07, 6.45) is 2.56. The van der Waals surface area contributed by atoms with Crippen molar-refractivity contribution >= 4 is 35.2 Å². The van der Waals surface area contributed by atoms with Crippen molar-refractivity contribution in [3.8, 4) is 0 Å². The zero-order chi connectivity index (χ0) is 20.4. The fourth-order valence-electron chi connectivity index (χ4n) is 3.13. The number of hydrogen-bond donors (Lipinski definition) is 0. The van der Waals surface area contributed by atoms with Crippen LogP contribution in [0.4, 0.5) is 10.1 Å². The van der Waals surface area contributed by atoms with Crippen LogP contribution in [-0.2, 0) is 20.7 Å². The van der Waals surface area contributed by atoms with Gasteiger partial charge in [0, 0.05) is 5.70 Å².